The van der Waals surface area contributed by atoms with Gasteiger partial charge in [-0.2, -0.15) is 0 Å². The average Bonchev–Trinajstić information content (AvgIpc) is 3.35. The highest BCUT2D eigenvalue weighted by molar-refractivity contribution is 5.76. The summed E-state index contributed by atoms with van der Waals surface area (Å²) >= 11 is 0. The number of hydrogen-bond acceptors (Lipinski definition) is 5. The lowest BCUT2D eigenvalue weighted by atomic mass is 9.87. The van der Waals surface area contributed by atoms with Crippen molar-refractivity contribution in [1.29, 1.82) is 0 Å². The zero-order valence-electron chi connectivity index (χ0n) is 16.0. The Morgan fingerprint density at radius 2 is 2.00 bits per heavy atom. The first-order valence-electron chi connectivity index (χ1n) is 10.0. The zero-order chi connectivity index (χ0) is 20.0. The van der Waals surface area contributed by atoms with Gasteiger partial charge in [0.2, 0.25) is 5.91 Å². The van der Waals surface area contributed by atoms with Crippen LogP contribution in [0.15, 0.2) is 34.1 Å². The van der Waals surface area contributed by atoms with Crippen LogP contribution in [0.25, 0.3) is 5.65 Å². The summed E-state index contributed by atoms with van der Waals surface area (Å²) in [6.45, 7) is 0.375. The van der Waals surface area contributed by atoms with E-state index < -0.39 is 5.69 Å². The van der Waals surface area contributed by atoms with Crippen LogP contribution >= 0.6 is 0 Å². The quantitative estimate of drug-likeness (QED) is 0.718. The molecule has 1 aliphatic carbocycles. The lowest BCUT2D eigenvalue weighted by Crippen LogP contribution is -2.34. The summed E-state index contributed by atoms with van der Waals surface area (Å²) in [6.07, 6.45) is 8.90. The van der Waals surface area contributed by atoms with Crippen molar-refractivity contribution in [2.45, 2.75) is 57.7 Å². The highest BCUT2D eigenvalue weighted by Crippen LogP contribution is 2.32. The minimum Gasteiger partial charge on any atom is -0.331 e. The van der Waals surface area contributed by atoms with Crippen molar-refractivity contribution in [1.82, 2.24) is 29.0 Å². The van der Waals surface area contributed by atoms with E-state index in [0.717, 1.165) is 18.5 Å². The van der Waals surface area contributed by atoms with Crippen molar-refractivity contribution in [2.24, 2.45) is 0 Å². The van der Waals surface area contributed by atoms with E-state index in [2.05, 4.69) is 15.1 Å². The van der Waals surface area contributed by atoms with Crippen LogP contribution in [0.4, 0.5) is 0 Å². The van der Waals surface area contributed by atoms with Gasteiger partial charge < -0.3 is 4.90 Å². The van der Waals surface area contributed by atoms with E-state index in [1.54, 1.807) is 11.0 Å². The van der Waals surface area contributed by atoms with Crippen molar-refractivity contribution < 1.29 is 4.79 Å². The molecule has 0 saturated heterocycles. The van der Waals surface area contributed by atoms with Crippen LogP contribution in [-0.4, -0.2) is 35.0 Å². The van der Waals surface area contributed by atoms with Gasteiger partial charge in [0.1, 0.15) is 6.54 Å². The van der Waals surface area contributed by atoms with Gasteiger partial charge in [0.15, 0.2) is 5.65 Å². The van der Waals surface area contributed by atoms with Gasteiger partial charge in [-0.1, -0.05) is 19.3 Å². The van der Waals surface area contributed by atoms with E-state index in [4.69, 9.17) is 0 Å². The average molecular weight is 394 g/mol. The Bertz CT molecular complexity index is 1200. The van der Waals surface area contributed by atoms with Gasteiger partial charge in [-0.3, -0.25) is 19.3 Å². The molecule has 0 unspecified atom stereocenters. The molecule has 2 aliphatic rings. The molecule has 3 aromatic heterocycles. The molecule has 1 saturated carbocycles. The summed E-state index contributed by atoms with van der Waals surface area (Å²) in [5, 5.41) is 3.24. The zero-order valence-corrected chi connectivity index (χ0v) is 16.0. The second-order valence-electron chi connectivity index (χ2n) is 7.86. The summed E-state index contributed by atoms with van der Waals surface area (Å²) < 4.78 is 2.76. The molecular weight excluding hydrogens is 372 g/mol. The maximum Gasteiger partial charge on any atom is 0.347 e. The first-order valence-corrected chi connectivity index (χ1v) is 10.0. The third-order valence-corrected chi connectivity index (χ3v) is 5.99. The van der Waals surface area contributed by atoms with Crippen LogP contribution in [0.3, 0.4) is 0 Å². The predicted molar refractivity (Wildman–Crippen MR) is 104 cm³/mol. The normalized spacial score (nSPS) is 17.0. The molecule has 5 rings (SSSR count). The van der Waals surface area contributed by atoms with Gasteiger partial charge in [-0.05, 0) is 18.9 Å². The molecule has 3 aromatic rings. The Kier molecular flexibility index (Phi) is 4.30. The summed E-state index contributed by atoms with van der Waals surface area (Å²) in [5.74, 6) is 0.213. The SMILES string of the molecule is O=C(Cn1cccnc1=O)N1Cc2nc3cc(C4CCCCC4)[nH]n3c(=O)c2C1. The van der Waals surface area contributed by atoms with E-state index in [0.29, 0.717) is 22.8 Å². The molecule has 4 heterocycles. The van der Waals surface area contributed by atoms with Gasteiger partial charge >= 0.3 is 5.69 Å². The predicted octanol–water partition coefficient (Wildman–Crippen LogP) is 1.17. The largest absolute Gasteiger partial charge is 0.347 e. The van der Waals surface area contributed by atoms with Gasteiger partial charge in [-0.15, -0.1) is 0 Å². The minimum absolute atomic E-state index is 0.105. The topological polar surface area (TPSA) is 105 Å². The number of rotatable bonds is 3. The number of nitrogens with one attached hydrogen (secondary N) is 1. The number of amides is 1. The van der Waals surface area contributed by atoms with Gasteiger partial charge in [0.25, 0.3) is 5.56 Å². The Balaban J connectivity index is 1.40. The number of fused-ring (bicyclic) bond motifs is 2. The molecule has 0 atom stereocenters. The number of aromatic amines is 1. The van der Waals surface area contributed by atoms with E-state index in [1.807, 2.05) is 6.07 Å². The van der Waals surface area contributed by atoms with Gasteiger partial charge in [0.05, 0.1) is 24.3 Å². The first kappa shape index (κ1) is 17.8. The van der Waals surface area contributed by atoms with E-state index >= 15 is 0 Å². The van der Waals surface area contributed by atoms with Crippen molar-refractivity contribution in [3.05, 3.63) is 62.3 Å². The van der Waals surface area contributed by atoms with E-state index in [9.17, 15) is 14.4 Å². The van der Waals surface area contributed by atoms with Crippen LogP contribution in [0.5, 0.6) is 0 Å². The number of hydrogen-bond donors (Lipinski definition) is 1. The monoisotopic (exact) mass is 394 g/mol. The summed E-state index contributed by atoms with van der Waals surface area (Å²) in [4.78, 5) is 47.2. The van der Waals surface area contributed by atoms with E-state index in [1.165, 1.54) is 40.7 Å². The molecule has 1 fully saturated rings. The Morgan fingerprint density at radius 3 is 2.79 bits per heavy atom. The van der Waals surface area contributed by atoms with Gasteiger partial charge in [0, 0.05) is 30.1 Å². The molecular formula is C20H22N6O3. The molecule has 1 aliphatic heterocycles. The molecule has 29 heavy (non-hydrogen) atoms. The molecule has 0 radical (unpaired) electrons. The standard InChI is InChI=1S/C20H22N6O3/c27-18(12-24-8-4-7-21-20(24)29)25-10-14-16(11-25)22-17-9-15(23-26(17)19(14)28)13-5-2-1-3-6-13/h4,7-9,13,23H,1-3,5-6,10-12H2. The first-order chi connectivity index (χ1) is 14.1. The molecule has 0 bridgehead atoms. The van der Waals surface area contributed by atoms with Crippen LogP contribution in [-0.2, 0) is 24.4 Å². The highest BCUT2D eigenvalue weighted by Gasteiger charge is 2.29. The maximum atomic E-state index is 13.0. The molecule has 1 amide bonds. The third-order valence-electron chi connectivity index (χ3n) is 5.99. The van der Waals surface area contributed by atoms with Crippen molar-refractivity contribution in [3.63, 3.8) is 0 Å². The fourth-order valence-corrected chi connectivity index (χ4v) is 4.39. The van der Waals surface area contributed by atoms with Crippen molar-refractivity contribution in [3.8, 4) is 0 Å². The Morgan fingerprint density at radius 1 is 1.17 bits per heavy atom. The number of nitrogens with zero attached hydrogens (tertiary/aromatic N) is 5. The lowest BCUT2D eigenvalue weighted by Gasteiger charge is -2.19. The van der Waals surface area contributed by atoms with Crippen LogP contribution < -0.4 is 11.2 Å². The van der Waals surface area contributed by atoms with Crippen LogP contribution in [0, 0.1) is 0 Å². The van der Waals surface area contributed by atoms with E-state index in [-0.39, 0.29) is 31.1 Å². The number of aromatic nitrogens is 5. The molecule has 9 nitrogen and oxygen atoms in total. The molecule has 0 aromatic carbocycles. The highest BCUT2D eigenvalue weighted by atomic mass is 16.2. The van der Waals surface area contributed by atoms with Crippen molar-refractivity contribution >= 4 is 11.6 Å². The number of H-pyrrole nitrogens is 1. The maximum absolute atomic E-state index is 13.0. The summed E-state index contributed by atoms with van der Waals surface area (Å²) in [5.41, 5.74) is 2.22. The second-order valence-corrected chi connectivity index (χ2v) is 7.86. The van der Waals surface area contributed by atoms with Crippen LogP contribution in [0.1, 0.15) is 55.0 Å². The molecule has 1 N–H and O–H groups in total. The summed E-state index contributed by atoms with van der Waals surface area (Å²) in [6, 6.07) is 3.57. The van der Waals surface area contributed by atoms with Gasteiger partial charge in [-0.25, -0.2) is 19.3 Å². The number of carbonyl (C=O) groups is 1. The Labute approximate surface area is 166 Å². The molecule has 0 spiro atoms. The number of carbonyl (C=O) groups excluding carboxylic acids is 1. The summed E-state index contributed by atoms with van der Waals surface area (Å²) in [7, 11) is 0. The fraction of sp³-hybridized carbons (Fsp3) is 0.450. The fourth-order valence-electron chi connectivity index (χ4n) is 4.39. The third kappa shape index (κ3) is 3.16. The minimum atomic E-state index is -0.473. The smallest absolute Gasteiger partial charge is 0.331 e. The second kappa shape index (κ2) is 6.98. The molecule has 150 valence electrons. The Hall–Kier alpha value is -3.23. The molecule has 9 heteroatoms. The van der Waals surface area contributed by atoms with Crippen molar-refractivity contribution in [2.75, 3.05) is 0 Å². The van der Waals surface area contributed by atoms with Crippen LogP contribution in [0.2, 0.25) is 0 Å². The lowest BCUT2D eigenvalue weighted by molar-refractivity contribution is -0.132.